The smallest absolute Gasteiger partial charge is 0.313 e. The van der Waals surface area contributed by atoms with Gasteiger partial charge in [-0.15, -0.1) is 0 Å². The average Bonchev–Trinajstić information content (AvgIpc) is 3.07. The molecule has 1 aromatic rings. The molecule has 1 N–H and O–H groups in total. The molecule has 0 amide bonds. The zero-order valence-electron chi connectivity index (χ0n) is 10.7. The molecule has 0 spiro atoms. The third-order valence-corrected chi connectivity index (χ3v) is 6.83. The topological polar surface area (TPSA) is 83.9 Å². The van der Waals surface area contributed by atoms with E-state index >= 15 is 0 Å². The van der Waals surface area contributed by atoms with Gasteiger partial charge in [0.15, 0.2) is 0 Å². The quantitative estimate of drug-likeness (QED) is 0.894. The van der Waals surface area contributed by atoms with Crippen LogP contribution in [0.3, 0.4) is 0 Å². The maximum absolute atomic E-state index is 12.5. The number of thiophene rings is 1. The minimum Gasteiger partial charge on any atom is -0.481 e. The molecule has 3 rings (SSSR count). The standard InChI is InChI=1S/C12H15NO5S2/c14-11(15)12-7-13(5-9(12)1-3-18-8-12)20(16,17)10-2-4-19-6-10/h2,4,6,9H,1,3,5,7-8H2,(H,14,15)/t9-,12+/m1/s1. The zero-order valence-corrected chi connectivity index (χ0v) is 12.3. The van der Waals surface area contributed by atoms with E-state index in [-0.39, 0.29) is 30.5 Å². The Hall–Kier alpha value is -0.960. The van der Waals surface area contributed by atoms with Crippen molar-refractivity contribution < 1.29 is 23.1 Å². The molecule has 0 bridgehead atoms. The van der Waals surface area contributed by atoms with Gasteiger partial charge in [-0.2, -0.15) is 15.6 Å². The van der Waals surface area contributed by atoms with Crippen LogP contribution in [0.1, 0.15) is 6.42 Å². The summed E-state index contributed by atoms with van der Waals surface area (Å²) in [5.74, 6) is -1.15. The summed E-state index contributed by atoms with van der Waals surface area (Å²) in [6.07, 6.45) is 0.585. The Morgan fingerprint density at radius 1 is 1.55 bits per heavy atom. The van der Waals surface area contributed by atoms with E-state index < -0.39 is 21.4 Å². The van der Waals surface area contributed by atoms with Gasteiger partial charge in [0.25, 0.3) is 0 Å². The molecule has 2 fully saturated rings. The van der Waals surface area contributed by atoms with Crippen LogP contribution in [0, 0.1) is 11.3 Å². The predicted molar refractivity (Wildman–Crippen MR) is 72.1 cm³/mol. The zero-order chi connectivity index (χ0) is 14.4. The van der Waals surface area contributed by atoms with Crippen LogP contribution in [0.15, 0.2) is 21.7 Å². The highest BCUT2D eigenvalue weighted by Crippen LogP contribution is 2.43. The second-order valence-electron chi connectivity index (χ2n) is 5.26. The van der Waals surface area contributed by atoms with Crippen molar-refractivity contribution in [3.8, 4) is 0 Å². The molecule has 3 heterocycles. The maximum atomic E-state index is 12.5. The van der Waals surface area contributed by atoms with Gasteiger partial charge in [-0.3, -0.25) is 4.79 Å². The summed E-state index contributed by atoms with van der Waals surface area (Å²) in [6.45, 7) is 0.827. The van der Waals surface area contributed by atoms with Crippen LogP contribution in [0.5, 0.6) is 0 Å². The van der Waals surface area contributed by atoms with Gasteiger partial charge >= 0.3 is 5.97 Å². The van der Waals surface area contributed by atoms with Crippen molar-refractivity contribution in [1.29, 1.82) is 0 Å². The molecule has 20 heavy (non-hydrogen) atoms. The molecule has 1 aromatic heterocycles. The number of carboxylic acids is 1. The van der Waals surface area contributed by atoms with Crippen LogP contribution >= 0.6 is 11.3 Å². The molecule has 110 valence electrons. The molecule has 2 aliphatic rings. The van der Waals surface area contributed by atoms with E-state index in [4.69, 9.17) is 4.74 Å². The molecular formula is C12H15NO5S2. The van der Waals surface area contributed by atoms with Gasteiger partial charge in [-0.25, -0.2) is 8.42 Å². The number of hydrogen-bond acceptors (Lipinski definition) is 5. The minimum absolute atomic E-state index is 0.00875. The Balaban J connectivity index is 1.94. The van der Waals surface area contributed by atoms with E-state index in [9.17, 15) is 18.3 Å². The van der Waals surface area contributed by atoms with Crippen LogP contribution in [-0.2, 0) is 19.6 Å². The van der Waals surface area contributed by atoms with Crippen LogP contribution in [0.2, 0.25) is 0 Å². The predicted octanol–water partition coefficient (Wildman–Crippen LogP) is 0.860. The number of carboxylic acid groups (broad SMARTS) is 1. The maximum Gasteiger partial charge on any atom is 0.313 e. The van der Waals surface area contributed by atoms with Crippen LogP contribution in [0.25, 0.3) is 0 Å². The molecule has 0 saturated carbocycles. The number of rotatable bonds is 3. The summed E-state index contributed by atoms with van der Waals surface area (Å²) in [6, 6.07) is 1.55. The van der Waals surface area contributed by atoms with E-state index in [0.717, 1.165) is 0 Å². The van der Waals surface area contributed by atoms with Gasteiger partial charge < -0.3 is 9.84 Å². The first kappa shape index (κ1) is 14.0. The summed E-state index contributed by atoms with van der Waals surface area (Å²) in [4.78, 5) is 11.9. The molecule has 0 aliphatic carbocycles. The van der Waals surface area contributed by atoms with Crippen molar-refractivity contribution in [2.24, 2.45) is 11.3 Å². The number of nitrogens with zero attached hydrogens (tertiary/aromatic N) is 1. The Labute approximate surface area is 121 Å². The van der Waals surface area contributed by atoms with Crippen LogP contribution in [0.4, 0.5) is 0 Å². The highest BCUT2D eigenvalue weighted by Gasteiger charge is 2.56. The summed E-state index contributed by atoms with van der Waals surface area (Å²) in [5.41, 5.74) is -1.10. The van der Waals surface area contributed by atoms with Crippen LogP contribution in [-0.4, -0.2) is 50.1 Å². The molecule has 2 saturated heterocycles. The number of hydrogen-bond donors (Lipinski definition) is 1. The Morgan fingerprint density at radius 2 is 2.35 bits per heavy atom. The van der Waals surface area contributed by atoms with Crippen molar-refractivity contribution in [3.63, 3.8) is 0 Å². The number of aliphatic carboxylic acids is 1. The van der Waals surface area contributed by atoms with Gasteiger partial charge in [-0.05, 0) is 23.8 Å². The van der Waals surface area contributed by atoms with Gasteiger partial charge in [0.05, 0.1) is 11.5 Å². The van der Waals surface area contributed by atoms with Crippen molar-refractivity contribution in [3.05, 3.63) is 16.8 Å². The molecular weight excluding hydrogens is 302 g/mol. The molecule has 0 aromatic carbocycles. The normalized spacial score (nSPS) is 31.1. The SMILES string of the molecule is O=C(O)[C@@]12COCC[C@@H]1CN(S(=O)(=O)c1ccsc1)C2. The lowest BCUT2D eigenvalue weighted by Gasteiger charge is -2.34. The molecule has 2 aliphatic heterocycles. The summed E-state index contributed by atoms with van der Waals surface area (Å²) in [5, 5.41) is 12.8. The average molecular weight is 317 g/mol. The molecule has 6 nitrogen and oxygen atoms in total. The van der Waals surface area contributed by atoms with E-state index in [2.05, 4.69) is 0 Å². The molecule has 2 atom stereocenters. The second kappa shape index (κ2) is 4.80. The third kappa shape index (κ3) is 1.98. The first-order valence-corrected chi connectivity index (χ1v) is 8.68. The summed E-state index contributed by atoms with van der Waals surface area (Å²) in [7, 11) is -3.60. The van der Waals surface area contributed by atoms with Crippen molar-refractivity contribution in [1.82, 2.24) is 4.31 Å². The lowest BCUT2D eigenvalue weighted by Crippen LogP contribution is -2.46. The van der Waals surface area contributed by atoms with Crippen molar-refractivity contribution in [2.75, 3.05) is 26.3 Å². The fourth-order valence-corrected chi connectivity index (χ4v) is 5.55. The van der Waals surface area contributed by atoms with Gasteiger partial charge in [0.2, 0.25) is 10.0 Å². The minimum atomic E-state index is -3.60. The van der Waals surface area contributed by atoms with E-state index in [0.29, 0.717) is 13.0 Å². The number of sulfonamides is 1. The number of ether oxygens (including phenoxy) is 1. The fraction of sp³-hybridized carbons (Fsp3) is 0.583. The number of fused-ring (bicyclic) bond motifs is 1. The fourth-order valence-electron chi connectivity index (χ4n) is 2.97. The van der Waals surface area contributed by atoms with E-state index in [1.807, 2.05) is 0 Å². The molecule has 0 radical (unpaired) electrons. The Kier molecular flexibility index (Phi) is 3.36. The lowest BCUT2D eigenvalue weighted by molar-refractivity contribution is -0.159. The highest BCUT2D eigenvalue weighted by atomic mass is 32.2. The Bertz CT molecular complexity index is 612. The Morgan fingerprint density at radius 3 is 2.95 bits per heavy atom. The lowest BCUT2D eigenvalue weighted by atomic mass is 9.76. The molecule has 8 heteroatoms. The van der Waals surface area contributed by atoms with Gasteiger partial charge in [0, 0.05) is 25.1 Å². The molecule has 0 unspecified atom stereocenters. The monoisotopic (exact) mass is 317 g/mol. The van der Waals surface area contributed by atoms with Gasteiger partial charge in [-0.1, -0.05) is 0 Å². The van der Waals surface area contributed by atoms with Crippen LogP contribution < -0.4 is 0 Å². The number of carbonyl (C=O) groups is 1. The van der Waals surface area contributed by atoms with E-state index in [1.54, 1.807) is 16.8 Å². The van der Waals surface area contributed by atoms with E-state index in [1.165, 1.54) is 15.6 Å². The first-order chi connectivity index (χ1) is 9.47. The van der Waals surface area contributed by atoms with Crippen molar-refractivity contribution >= 4 is 27.3 Å². The van der Waals surface area contributed by atoms with Gasteiger partial charge in [0.1, 0.15) is 5.41 Å². The first-order valence-electron chi connectivity index (χ1n) is 6.30. The highest BCUT2D eigenvalue weighted by molar-refractivity contribution is 7.89. The second-order valence-corrected chi connectivity index (χ2v) is 7.97. The third-order valence-electron chi connectivity index (χ3n) is 4.19. The summed E-state index contributed by atoms with van der Waals surface area (Å²) < 4.78 is 31.6. The van der Waals surface area contributed by atoms with Crippen molar-refractivity contribution in [2.45, 2.75) is 11.3 Å². The largest absolute Gasteiger partial charge is 0.481 e. The summed E-state index contributed by atoms with van der Waals surface area (Å²) >= 11 is 1.31.